The van der Waals surface area contributed by atoms with Crippen LogP contribution in [0.2, 0.25) is 0 Å². The molecule has 0 aromatic heterocycles. The molecular weight excluding hydrogens is 250 g/mol. The summed E-state index contributed by atoms with van der Waals surface area (Å²) in [5.41, 5.74) is 1.20. The van der Waals surface area contributed by atoms with Crippen molar-refractivity contribution in [2.24, 2.45) is 0 Å². The highest BCUT2D eigenvalue weighted by molar-refractivity contribution is 5.32. The molecule has 0 radical (unpaired) electrons. The van der Waals surface area contributed by atoms with Crippen LogP contribution in [0.1, 0.15) is 50.6 Å². The topological polar surface area (TPSA) is 30.5 Å². The maximum Gasteiger partial charge on any atom is 0.119 e. The van der Waals surface area contributed by atoms with Crippen LogP contribution >= 0.6 is 0 Å². The first-order chi connectivity index (χ1) is 9.75. The van der Waals surface area contributed by atoms with Crippen LogP contribution in [0.15, 0.2) is 24.3 Å². The molecule has 1 aromatic rings. The highest BCUT2D eigenvalue weighted by Crippen LogP contribution is 2.43. The molecule has 0 bridgehead atoms. The smallest absolute Gasteiger partial charge is 0.119 e. The second-order valence-electron chi connectivity index (χ2n) is 5.64. The molecule has 0 amide bonds. The van der Waals surface area contributed by atoms with Crippen molar-refractivity contribution >= 4 is 0 Å². The number of ether oxygens (including phenoxy) is 2. The van der Waals surface area contributed by atoms with Gasteiger partial charge in [0.1, 0.15) is 5.75 Å². The van der Waals surface area contributed by atoms with E-state index >= 15 is 0 Å². The molecule has 1 aliphatic carbocycles. The van der Waals surface area contributed by atoms with Gasteiger partial charge in [-0.1, -0.05) is 31.9 Å². The van der Waals surface area contributed by atoms with Gasteiger partial charge in [0.25, 0.3) is 0 Å². The molecule has 0 aliphatic heterocycles. The Hall–Kier alpha value is -1.06. The van der Waals surface area contributed by atoms with Crippen LogP contribution in [0, 0.1) is 0 Å². The molecule has 0 saturated heterocycles. The Labute approximate surface area is 122 Å². The molecule has 1 aromatic carbocycles. The van der Waals surface area contributed by atoms with Gasteiger partial charge in [-0.3, -0.25) is 0 Å². The molecule has 3 nitrogen and oxygen atoms in total. The fraction of sp³-hybridized carbons (Fsp3) is 0.647. The Balaban J connectivity index is 2.30. The lowest BCUT2D eigenvalue weighted by molar-refractivity contribution is -0.0367. The van der Waals surface area contributed by atoms with Gasteiger partial charge in [-0.2, -0.15) is 0 Å². The van der Waals surface area contributed by atoms with Gasteiger partial charge >= 0.3 is 0 Å². The summed E-state index contributed by atoms with van der Waals surface area (Å²) in [7, 11) is 3.57. The number of rotatable bonds is 7. The average Bonchev–Trinajstić information content (AvgIpc) is 2.98. The van der Waals surface area contributed by atoms with Crippen molar-refractivity contribution in [1.82, 2.24) is 5.32 Å². The minimum Gasteiger partial charge on any atom is -0.497 e. The van der Waals surface area contributed by atoms with E-state index in [0.29, 0.717) is 0 Å². The van der Waals surface area contributed by atoms with Crippen molar-refractivity contribution in [2.45, 2.75) is 50.7 Å². The van der Waals surface area contributed by atoms with E-state index in [-0.39, 0.29) is 11.6 Å². The number of benzene rings is 1. The van der Waals surface area contributed by atoms with Gasteiger partial charge in [-0.25, -0.2) is 0 Å². The zero-order valence-corrected chi connectivity index (χ0v) is 12.9. The van der Waals surface area contributed by atoms with Crippen LogP contribution in [-0.2, 0) is 4.74 Å². The standard InChI is InChI=1S/C17H27NO2/c1-4-12-18-16(17(20-3)10-5-6-11-17)14-8-7-9-15(13-14)19-2/h7-9,13,16,18H,4-6,10-12H2,1-3H3. The Kier molecular flexibility index (Phi) is 5.44. The second kappa shape index (κ2) is 7.09. The van der Waals surface area contributed by atoms with Gasteiger partial charge in [-0.15, -0.1) is 0 Å². The molecule has 1 fully saturated rings. The fourth-order valence-electron chi connectivity index (χ4n) is 3.30. The first-order valence-electron chi connectivity index (χ1n) is 7.68. The average molecular weight is 277 g/mol. The fourth-order valence-corrected chi connectivity index (χ4v) is 3.30. The third-order valence-electron chi connectivity index (χ3n) is 4.41. The Bertz CT molecular complexity index is 413. The van der Waals surface area contributed by atoms with Crippen LogP contribution in [0.4, 0.5) is 0 Å². The third-order valence-corrected chi connectivity index (χ3v) is 4.41. The largest absolute Gasteiger partial charge is 0.497 e. The maximum atomic E-state index is 5.98. The normalized spacial score (nSPS) is 18.9. The van der Waals surface area contributed by atoms with E-state index in [1.807, 2.05) is 13.2 Å². The van der Waals surface area contributed by atoms with E-state index in [1.54, 1.807) is 7.11 Å². The highest BCUT2D eigenvalue weighted by atomic mass is 16.5. The number of hydrogen-bond donors (Lipinski definition) is 1. The molecule has 20 heavy (non-hydrogen) atoms. The maximum absolute atomic E-state index is 5.98. The highest BCUT2D eigenvalue weighted by Gasteiger charge is 2.42. The molecular formula is C17H27NO2. The summed E-state index contributed by atoms with van der Waals surface area (Å²) in [6.45, 7) is 3.21. The van der Waals surface area contributed by atoms with Gasteiger partial charge in [0.2, 0.25) is 0 Å². The molecule has 1 saturated carbocycles. The summed E-state index contributed by atoms with van der Waals surface area (Å²) in [5.74, 6) is 0.912. The minimum absolute atomic E-state index is 0.0679. The summed E-state index contributed by atoms with van der Waals surface area (Å²) >= 11 is 0. The van der Waals surface area contributed by atoms with Crippen LogP contribution in [0.3, 0.4) is 0 Å². The van der Waals surface area contributed by atoms with E-state index in [1.165, 1.54) is 18.4 Å². The van der Waals surface area contributed by atoms with E-state index < -0.39 is 0 Å². The van der Waals surface area contributed by atoms with E-state index in [4.69, 9.17) is 9.47 Å². The summed E-state index contributed by atoms with van der Waals surface area (Å²) in [6, 6.07) is 8.60. The van der Waals surface area contributed by atoms with Crippen LogP contribution in [0.5, 0.6) is 5.75 Å². The molecule has 1 aliphatic rings. The molecule has 0 heterocycles. The minimum atomic E-state index is -0.0679. The van der Waals surface area contributed by atoms with Gasteiger partial charge in [-0.05, 0) is 43.5 Å². The quantitative estimate of drug-likeness (QED) is 0.824. The Morgan fingerprint density at radius 3 is 2.60 bits per heavy atom. The Morgan fingerprint density at radius 2 is 2.00 bits per heavy atom. The van der Waals surface area contributed by atoms with Crippen molar-refractivity contribution < 1.29 is 9.47 Å². The van der Waals surface area contributed by atoms with Crippen molar-refractivity contribution in [1.29, 1.82) is 0 Å². The summed E-state index contributed by atoms with van der Waals surface area (Å²) in [5, 5.41) is 3.69. The van der Waals surface area contributed by atoms with Gasteiger partial charge in [0, 0.05) is 7.11 Å². The van der Waals surface area contributed by atoms with Crippen LogP contribution in [0.25, 0.3) is 0 Å². The van der Waals surface area contributed by atoms with Crippen molar-refractivity contribution in [2.75, 3.05) is 20.8 Å². The van der Waals surface area contributed by atoms with Crippen molar-refractivity contribution in [3.05, 3.63) is 29.8 Å². The van der Waals surface area contributed by atoms with Crippen molar-refractivity contribution in [3.8, 4) is 5.75 Å². The molecule has 2 rings (SSSR count). The van der Waals surface area contributed by atoms with Crippen molar-refractivity contribution in [3.63, 3.8) is 0 Å². The lowest BCUT2D eigenvalue weighted by Gasteiger charge is -2.37. The second-order valence-corrected chi connectivity index (χ2v) is 5.64. The zero-order chi connectivity index (χ0) is 14.4. The van der Waals surface area contributed by atoms with Gasteiger partial charge in [0.15, 0.2) is 0 Å². The Morgan fingerprint density at radius 1 is 1.25 bits per heavy atom. The molecule has 3 heteroatoms. The first-order valence-corrected chi connectivity index (χ1v) is 7.68. The number of nitrogens with one attached hydrogen (secondary N) is 1. The van der Waals surface area contributed by atoms with Gasteiger partial charge < -0.3 is 14.8 Å². The molecule has 1 N–H and O–H groups in total. The van der Waals surface area contributed by atoms with Crippen LogP contribution in [-0.4, -0.2) is 26.4 Å². The predicted octanol–water partition coefficient (Wildman–Crippen LogP) is 3.70. The molecule has 112 valence electrons. The monoisotopic (exact) mass is 277 g/mol. The number of methoxy groups -OCH3 is 2. The first kappa shape index (κ1) is 15.3. The van der Waals surface area contributed by atoms with Crippen LogP contribution < -0.4 is 10.1 Å². The van der Waals surface area contributed by atoms with E-state index in [0.717, 1.165) is 31.6 Å². The molecule has 0 spiro atoms. The SMILES string of the molecule is CCCNC(c1cccc(OC)c1)C1(OC)CCCC1. The lowest BCUT2D eigenvalue weighted by Crippen LogP contribution is -2.43. The number of hydrogen-bond acceptors (Lipinski definition) is 3. The van der Waals surface area contributed by atoms with Gasteiger partial charge in [0.05, 0.1) is 18.8 Å². The summed E-state index contributed by atoms with van der Waals surface area (Å²) in [6.07, 6.45) is 5.88. The predicted molar refractivity (Wildman–Crippen MR) is 82.2 cm³/mol. The zero-order valence-electron chi connectivity index (χ0n) is 12.9. The summed E-state index contributed by atoms with van der Waals surface area (Å²) < 4.78 is 11.4. The third kappa shape index (κ3) is 3.15. The van der Waals surface area contributed by atoms with E-state index in [2.05, 4.69) is 30.4 Å². The lowest BCUT2D eigenvalue weighted by atomic mass is 9.86. The molecule has 1 atom stereocenters. The van der Waals surface area contributed by atoms with E-state index in [9.17, 15) is 0 Å². The summed E-state index contributed by atoms with van der Waals surface area (Å²) in [4.78, 5) is 0. The molecule has 1 unspecified atom stereocenters.